The maximum Gasteiger partial charge on any atom is 0.343 e. The molecular weight excluding hydrogens is 120 g/mol. The highest BCUT2D eigenvalue weighted by Gasteiger charge is 1.96. The van der Waals surface area contributed by atoms with Crippen LogP contribution in [0.25, 0.3) is 0 Å². The van der Waals surface area contributed by atoms with Gasteiger partial charge in [-0.1, -0.05) is 0 Å². The van der Waals surface area contributed by atoms with Gasteiger partial charge in [0.05, 0.1) is 6.20 Å². The molecule has 0 aromatic carbocycles. The molecule has 1 aromatic heterocycles. The summed E-state index contributed by atoms with van der Waals surface area (Å²) < 4.78 is 0.361. The summed E-state index contributed by atoms with van der Waals surface area (Å²) in [7, 11) is 0. The van der Waals surface area contributed by atoms with E-state index in [1.165, 1.54) is 12.3 Å². The molecule has 0 saturated heterocycles. The molecule has 5 nitrogen and oxygen atoms in total. The van der Waals surface area contributed by atoms with Crippen LogP contribution in [0.2, 0.25) is 0 Å². The van der Waals surface area contributed by atoms with E-state index in [4.69, 9.17) is 11.5 Å². The van der Waals surface area contributed by atoms with Gasteiger partial charge in [-0.15, -0.1) is 4.98 Å². The highest BCUT2D eigenvalue weighted by molar-refractivity contribution is 5.22. The molecule has 1 heterocycles. The van der Waals surface area contributed by atoms with Crippen molar-refractivity contribution in [2.24, 2.45) is 0 Å². The van der Waals surface area contributed by atoms with Gasteiger partial charge in [0.2, 0.25) is 0 Å². The van der Waals surface area contributed by atoms with Crippen molar-refractivity contribution in [3.63, 3.8) is 0 Å². The van der Waals surface area contributed by atoms with Gasteiger partial charge in [0.15, 0.2) is 5.82 Å². The molecule has 0 saturated carbocycles. The van der Waals surface area contributed by atoms with Crippen LogP contribution in [-0.4, -0.2) is 4.98 Å². The summed E-state index contributed by atoms with van der Waals surface area (Å²) in [6.45, 7) is 0. The van der Waals surface area contributed by atoms with E-state index >= 15 is 0 Å². The highest BCUT2D eigenvalue weighted by atomic mass is 16.5. The summed E-state index contributed by atoms with van der Waals surface area (Å²) in [6, 6.07) is 1.38. The molecule has 0 aliphatic carbocycles. The minimum atomic E-state index is -0.130. The number of hydrogen-bond acceptors (Lipinski definition) is 4. The Balaban J connectivity index is 3.25. The van der Waals surface area contributed by atoms with Gasteiger partial charge in [0.1, 0.15) is 0 Å². The zero-order valence-corrected chi connectivity index (χ0v) is 4.61. The van der Waals surface area contributed by atoms with E-state index in [-0.39, 0.29) is 11.8 Å². The number of nitrogens with two attached hydrogens (primary N) is 2. The largest absolute Gasteiger partial charge is 0.754 e. The third-order valence-corrected chi connectivity index (χ3v) is 0.895. The van der Waals surface area contributed by atoms with Crippen molar-refractivity contribution in [3.8, 4) is 0 Å². The van der Waals surface area contributed by atoms with E-state index < -0.39 is 0 Å². The zero-order chi connectivity index (χ0) is 6.85. The Bertz CT molecular complexity index is 204. The average molecular weight is 126 g/mol. The molecule has 5 heteroatoms. The fourth-order valence-electron chi connectivity index (χ4n) is 0.442. The fourth-order valence-corrected chi connectivity index (χ4v) is 0.442. The summed E-state index contributed by atoms with van der Waals surface area (Å²) in [5, 5.41) is 10.6. The third-order valence-electron chi connectivity index (χ3n) is 0.895. The molecule has 0 aliphatic heterocycles. The van der Waals surface area contributed by atoms with E-state index in [2.05, 4.69) is 4.98 Å². The Kier molecular flexibility index (Phi) is 1.11. The van der Waals surface area contributed by atoms with Gasteiger partial charge in [0.25, 0.3) is 0 Å². The van der Waals surface area contributed by atoms with Crippen LogP contribution in [-0.2, 0) is 0 Å². The Labute approximate surface area is 51.5 Å². The van der Waals surface area contributed by atoms with E-state index in [0.717, 1.165) is 0 Å². The average Bonchev–Trinajstić information content (AvgIpc) is 1.83. The van der Waals surface area contributed by atoms with Gasteiger partial charge < -0.3 is 16.7 Å². The van der Waals surface area contributed by atoms with Crippen LogP contribution in [0, 0.1) is 5.21 Å². The highest BCUT2D eigenvalue weighted by Crippen LogP contribution is 1.91. The molecule has 0 unspecified atom stereocenters. The van der Waals surface area contributed by atoms with Crippen LogP contribution in [0.15, 0.2) is 12.3 Å². The molecule has 9 heavy (non-hydrogen) atoms. The molecule has 48 valence electrons. The van der Waals surface area contributed by atoms with Gasteiger partial charge in [-0.05, 0) is 0 Å². The number of nitrogens with zero attached hydrogens (tertiary/aromatic N) is 2. The van der Waals surface area contributed by atoms with Crippen LogP contribution in [0.3, 0.4) is 0 Å². The monoisotopic (exact) mass is 126 g/mol. The quantitative estimate of drug-likeness (QED) is 0.340. The smallest absolute Gasteiger partial charge is 0.343 e. The second kappa shape index (κ2) is 1.77. The Hall–Kier alpha value is -1.52. The Morgan fingerprint density at radius 2 is 2.22 bits per heavy atom. The first-order chi connectivity index (χ1) is 4.22. The summed E-state index contributed by atoms with van der Waals surface area (Å²) in [5.74, 6) is -0.0718. The van der Waals surface area contributed by atoms with Gasteiger partial charge in [-0.3, -0.25) is 0 Å². The summed E-state index contributed by atoms with van der Waals surface area (Å²) in [6.07, 6.45) is 1.37. The van der Waals surface area contributed by atoms with E-state index in [1.807, 2.05) is 0 Å². The maximum absolute atomic E-state index is 10.6. The van der Waals surface area contributed by atoms with Crippen LogP contribution < -0.4 is 16.2 Å². The van der Waals surface area contributed by atoms with Gasteiger partial charge >= 0.3 is 5.95 Å². The molecule has 0 spiro atoms. The topological polar surface area (TPSA) is 91.9 Å². The van der Waals surface area contributed by atoms with Gasteiger partial charge in [-0.2, -0.15) is 0 Å². The molecular formula is C4H6N4O. The molecule has 4 N–H and O–H groups in total. The van der Waals surface area contributed by atoms with Crippen molar-refractivity contribution in [3.05, 3.63) is 17.5 Å². The molecule has 1 rings (SSSR count). The predicted molar refractivity (Wildman–Crippen MR) is 32.0 cm³/mol. The lowest BCUT2D eigenvalue weighted by Crippen LogP contribution is -2.34. The molecule has 0 radical (unpaired) electrons. The molecule has 0 fully saturated rings. The second-order valence-corrected chi connectivity index (χ2v) is 1.52. The van der Waals surface area contributed by atoms with Crippen molar-refractivity contribution >= 4 is 11.8 Å². The van der Waals surface area contributed by atoms with Crippen LogP contribution in [0.4, 0.5) is 11.8 Å². The summed E-state index contributed by atoms with van der Waals surface area (Å²) in [4.78, 5) is 3.49. The minimum Gasteiger partial charge on any atom is -0.754 e. The van der Waals surface area contributed by atoms with E-state index in [0.29, 0.717) is 4.73 Å². The Morgan fingerprint density at radius 1 is 1.56 bits per heavy atom. The third kappa shape index (κ3) is 0.835. The first-order valence-corrected chi connectivity index (χ1v) is 2.31. The number of aromatic nitrogens is 2. The SMILES string of the molecule is Nc1ccnc(N)[n+]1[O-]. The van der Waals surface area contributed by atoms with Crippen molar-refractivity contribution < 1.29 is 4.73 Å². The molecule has 0 atom stereocenters. The molecule has 1 aromatic rings. The van der Waals surface area contributed by atoms with Crippen molar-refractivity contribution in [1.82, 2.24) is 4.98 Å². The van der Waals surface area contributed by atoms with E-state index in [1.54, 1.807) is 0 Å². The number of rotatable bonds is 0. The van der Waals surface area contributed by atoms with Crippen molar-refractivity contribution in [1.29, 1.82) is 0 Å². The molecule has 0 amide bonds. The lowest BCUT2D eigenvalue weighted by Gasteiger charge is -2.06. The predicted octanol–water partition coefficient (Wildman–Crippen LogP) is -1.12. The molecule has 0 bridgehead atoms. The van der Waals surface area contributed by atoms with Crippen LogP contribution in [0.1, 0.15) is 0 Å². The Morgan fingerprint density at radius 3 is 2.67 bits per heavy atom. The standard InChI is InChI=1S/C4H6N4O/c5-3-1-2-7-4(6)8(3)9/h1-2H,5H2,(H2,6,7). The van der Waals surface area contributed by atoms with Crippen molar-refractivity contribution in [2.75, 3.05) is 11.5 Å². The van der Waals surface area contributed by atoms with Crippen LogP contribution in [0.5, 0.6) is 0 Å². The van der Waals surface area contributed by atoms with E-state index in [9.17, 15) is 5.21 Å². The first kappa shape index (κ1) is 5.61. The van der Waals surface area contributed by atoms with Gasteiger partial charge in [0, 0.05) is 6.07 Å². The second-order valence-electron chi connectivity index (χ2n) is 1.52. The number of hydrogen-bond donors (Lipinski definition) is 2. The summed E-state index contributed by atoms with van der Waals surface area (Å²) in [5.41, 5.74) is 10.2. The maximum atomic E-state index is 10.6. The molecule has 0 aliphatic rings. The van der Waals surface area contributed by atoms with Crippen molar-refractivity contribution in [2.45, 2.75) is 0 Å². The number of anilines is 2. The first-order valence-electron chi connectivity index (χ1n) is 2.31. The van der Waals surface area contributed by atoms with Gasteiger partial charge in [-0.25, -0.2) is 4.73 Å². The normalized spacial score (nSPS) is 9.33. The number of nitrogen functional groups attached to an aromatic ring is 2. The summed E-state index contributed by atoms with van der Waals surface area (Å²) >= 11 is 0. The van der Waals surface area contributed by atoms with Crippen LogP contribution >= 0.6 is 0 Å². The zero-order valence-electron chi connectivity index (χ0n) is 4.61. The lowest BCUT2D eigenvalue weighted by atomic mass is 10.6. The lowest BCUT2D eigenvalue weighted by molar-refractivity contribution is -0.577. The minimum absolute atomic E-state index is 0.0579. The fraction of sp³-hybridized carbons (Fsp3) is 0.